The number of guanidine groups is 1. The van der Waals surface area contributed by atoms with Crippen LogP contribution in [0.4, 0.5) is 0 Å². The van der Waals surface area contributed by atoms with Gasteiger partial charge in [0, 0.05) is 38.6 Å². The summed E-state index contributed by atoms with van der Waals surface area (Å²) < 4.78 is 1.87. The highest BCUT2D eigenvalue weighted by molar-refractivity contribution is 5.80. The predicted octanol–water partition coefficient (Wildman–Crippen LogP) is 2.48. The first-order valence-corrected chi connectivity index (χ1v) is 8.49. The van der Waals surface area contributed by atoms with Gasteiger partial charge in [-0.2, -0.15) is 5.10 Å². The average Bonchev–Trinajstić information content (AvgIpc) is 3.28. The zero-order valence-electron chi connectivity index (χ0n) is 13.8. The molecule has 23 heavy (non-hydrogen) atoms. The minimum absolute atomic E-state index is 0.819. The molecule has 1 aromatic heterocycles. The van der Waals surface area contributed by atoms with Gasteiger partial charge in [-0.3, -0.25) is 4.99 Å². The topological polar surface area (TPSA) is 45.5 Å². The molecule has 1 N–H and O–H groups in total. The van der Waals surface area contributed by atoms with Crippen LogP contribution in [0.25, 0.3) is 5.69 Å². The van der Waals surface area contributed by atoms with E-state index in [1.54, 1.807) is 6.20 Å². The number of benzene rings is 1. The van der Waals surface area contributed by atoms with Crippen molar-refractivity contribution in [3.63, 3.8) is 0 Å². The Bertz CT molecular complexity index is 609. The fourth-order valence-corrected chi connectivity index (χ4v) is 2.88. The molecule has 0 aliphatic carbocycles. The van der Waals surface area contributed by atoms with E-state index < -0.39 is 0 Å². The highest BCUT2D eigenvalue weighted by Crippen LogP contribution is 2.10. The molecule has 3 rings (SSSR count). The third-order valence-electron chi connectivity index (χ3n) is 4.11. The summed E-state index contributed by atoms with van der Waals surface area (Å²) in [4.78, 5) is 7.14. The van der Waals surface area contributed by atoms with Crippen LogP contribution in [0.1, 0.15) is 25.3 Å². The predicted molar refractivity (Wildman–Crippen MR) is 94.1 cm³/mol. The van der Waals surface area contributed by atoms with Crippen molar-refractivity contribution in [2.24, 2.45) is 4.99 Å². The van der Waals surface area contributed by atoms with Gasteiger partial charge in [-0.25, -0.2) is 4.68 Å². The summed E-state index contributed by atoms with van der Waals surface area (Å²) in [6, 6.07) is 10.5. The summed E-state index contributed by atoms with van der Waals surface area (Å²) in [5, 5.41) is 7.65. The van der Waals surface area contributed by atoms with Crippen LogP contribution >= 0.6 is 0 Å². The fraction of sp³-hybridized carbons (Fsp3) is 0.444. The third kappa shape index (κ3) is 4.12. The second-order valence-electron chi connectivity index (χ2n) is 5.80. The van der Waals surface area contributed by atoms with Gasteiger partial charge in [0.15, 0.2) is 5.96 Å². The molecule has 0 atom stereocenters. The van der Waals surface area contributed by atoms with Crippen LogP contribution in [-0.2, 0) is 6.42 Å². The maximum atomic E-state index is 4.78. The van der Waals surface area contributed by atoms with E-state index in [9.17, 15) is 0 Å². The van der Waals surface area contributed by atoms with Gasteiger partial charge < -0.3 is 10.2 Å². The van der Waals surface area contributed by atoms with Gasteiger partial charge in [0.2, 0.25) is 0 Å². The largest absolute Gasteiger partial charge is 0.357 e. The molecule has 1 saturated heterocycles. The summed E-state index contributed by atoms with van der Waals surface area (Å²) in [5.74, 6) is 1.07. The number of hydrogen-bond acceptors (Lipinski definition) is 2. The molecule has 2 aromatic rings. The molecule has 5 nitrogen and oxygen atoms in total. The molecule has 1 aliphatic rings. The molecule has 0 spiro atoms. The van der Waals surface area contributed by atoms with Crippen LogP contribution in [0.15, 0.2) is 47.7 Å². The second-order valence-corrected chi connectivity index (χ2v) is 5.80. The van der Waals surface area contributed by atoms with Crippen LogP contribution in [0.3, 0.4) is 0 Å². The van der Waals surface area contributed by atoms with E-state index in [-0.39, 0.29) is 0 Å². The van der Waals surface area contributed by atoms with E-state index in [1.165, 1.54) is 18.4 Å². The monoisotopic (exact) mass is 311 g/mol. The molecule has 0 saturated carbocycles. The average molecular weight is 311 g/mol. The number of likely N-dealkylation sites (tertiary alicyclic amines) is 1. The van der Waals surface area contributed by atoms with Crippen molar-refractivity contribution >= 4 is 5.96 Å². The third-order valence-corrected chi connectivity index (χ3v) is 4.11. The van der Waals surface area contributed by atoms with Crippen molar-refractivity contribution in [3.8, 4) is 5.69 Å². The van der Waals surface area contributed by atoms with E-state index in [0.717, 1.165) is 44.2 Å². The minimum atomic E-state index is 0.819. The van der Waals surface area contributed by atoms with Gasteiger partial charge in [0.1, 0.15) is 0 Å². The first-order chi connectivity index (χ1) is 11.4. The highest BCUT2D eigenvalue weighted by atomic mass is 15.3. The molecular weight excluding hydrogens is 286 g/mol. The van der Waals surface area contributed by atoms with Gasteiger partial charge in [0.25, 0.3) is 0 Å². The van der Waals surface area contributed by atoms with Crippen LogP contribution in [0, 0.1) is 0 Å². The normalized spacial score (nSPS) is 15.2. The molecule has 1 aromatic carbocycles. The van der Waals surface area contributed by atoms with Gasteiger partial charge in [-0.1, -0.05) is 12.1 Å². The lowest BCUT2D eigenvalue weighted by molar-refractivity contribution is 0.494. The Morgan fingerprint density at radius 2 is 2.00 bits per heavy atom. The number of nitrogens with zero attached hydrogens (tertiary/aromatic N) is 4. The number of hydrogen-bond donors (Lipinski definition) is 1. The van der Waals surface area contributed by atoms with E-state index in [2.05, 4.69) is 46.5 Å². The molecule has 1 fully saturated rings. The molecule has 0 unspecified atom stereocenters. The lowest BCUT2D eigenvalue weighted by Crippen LogP contribution is -2.39. The van der Waals surface area contributed by atoms with Gasteiger partial charge in [-0.15, -0.1) is 0 Å². The van der Waals surface area contributed by atoms with Crippen LogP contribution in [-0.4, -0.2) is 46.8 Å². The summed E-state index contributed by atoms with van der Waals surface area (Å²) in [7, 11) is 0. The molecule has 1 aliphatic heterocycles. The van der Waals surface area contributed by atoms with Crippen LogP contribution in [0.5, 0.6) is 0 Å². The van der Waals surface area contributed by atoms with Gasteiger partial charge >= 0.3 is 0 Å². The number of nitrogens with one attached hydrogen (secondary N) is 1. The Labute approximate surface area is 138 Å². The van der Waals surface area contributed by atoms with Crippen molar-refractivity contribution in [1.82, 2.24) is 20.0 Å². The Balaban J connectivity index is 1.57. The summed E-state index contributed by atoms with van der Waals surface area (Å²) in [6.45, 7) is 6.13. The smallest absolute Gasteiger partial charge is 0.193 e. The second kappa shape index (κ2) is 7.81. The van der Waals surface area contributed by atoms with Crippen molar-refractivity contribution < 1.29 is 0 Å². The van der Waals surface area contributed by atoms with E-state index in [4.69, 9.17) is 4.99 Å². The number of aliphatic imine (C=N–C) groups is 1. The zero-order valence-corrected chi connectivity index (χ0v) is 13.8. The Morgan fingerprint density at radius 1 is 1.22 bits per heavy atom. The standard InChI is InChI=1S/C18H25N5/c1-2-19-18(22-13-3-4-14-22)20-12-10-16-6-8-17(9-7-16)23-15-5-11-21-23/h5-9,11,15H,2-4,10,12-14H2,1H3,(H,19,20). The Hall–Kier alpha value is -2.30. The van der Waals surface area contributed by atoms with Crippen LogP contribution in [0.2, 0.25) is 0 Å². The molecule has 0 amide bonds. The molecule has 0 bridgehead atoms. The van der Waals surface area contributed by atoms with Crippen molar-refractivity contribution in [2.75, 3.05) is 26.2 Å². The maximum absolute atomic E-state index is 4.78. The minimum Gasteiger partial charge on any atom is -0.357 e. The van der Waals surface area contributed by atoms with Crippen molar-refractivity contribution in [1.29, 1.82) is 0 Å². The van der Waals surface area contributed by atoms with E-state index in [0.29, 0.717) is 0 Å². The molecule has 122 valence electrons. The van der Waals surface area contributed by atoms with Gasteiger partial charge in [0.05, 0.1) is 5.69 Å². The fourth-order valence-electron chi connectivity index (χ4n) is 2.88. The SMILES string of the molecule is CCNC(=NCCc1ccc(-n2cccn2)cc1)N1CCCC1. The van der Waals surface area contributed by atoms with E-state index >= 15 is 0 Å². The molecule has 0 radical (unpaired) electrons. The highest BCUT2D eigenvalue weighted by Gasteiger charge is 2.15. The molecule has 2 heterocycles. The number of rotatable bonds is 5. The number of aromatic nitrogens is 2. The quantitative estimate of drug-likeness (QED) is 0.681. The Kier molecular flexibility index (Phi) is 5.29. The molecule has 5 heteroatoms. The van der Waals surface area contributed by atoms with Crippen molar-refractivity contribution in [2.45, 2.75) is 26.2 Å². The lowest BCUT2D eigenvalue weighted by Gasteiger charge is -2.20. The first-order valence-electron chi connectivity index (χ1n) is 8.49. The Morgan fingerprint density at radius 3 is 2.65 bits per heavy atom. The van der Waals surface area contributed by atoms with E-state index in [1.807, 2.05) is 16.9 Å². The maximum Gasteiger partial charge on any atom is 0.193 e. The van der Waals surface area contributed by atoms with Crippen molar-refractivity contribution in [3.05, 3.63) is 48.3 Å². The first kappa shape index (κ1) is 15.6. The molecular formula is C18H25N5. The summed E-state index contributed by atoms with van der Waals surface area (Å²) in [6.07, 6.45) is 7.27. The summed E-state index contributed by atoms with van der Waals surface area (Å²) >= 11 is 0. The zero-order chi connectivity index (χ0) is 15.9. The van der Waals surface area contributed by atoms with Crippen LogP contribution < -0.4 is 5.32 Å². The lowest BCUT2D eigenvalue weighted by atomic mass is 10.1. The van der Waals surface area contributed by atoms with Gasteiger partial charge in [-0.05, 0) is 49.9 Å². The summed E-state index contributed by atoms with van der Waals surface area (Å²) in [5.41, 5.74) is 2.40.